The Morgan fingerprint density at radius 3 is 2.65 bits per heavy atom. The zero-order valence-corrected chi connectivity index (χ0v) is 12.8. The van der Waals surface area contributed by atoms with E-state index < -0.39 is 0 Å². The molecule has 1 fully saturated rings. The van der Waals surface area contributed by atoms with Gasteiger partial charge >= 0.3 is 0 Å². The van der Waals surface area contributed by atoms with Gasteiger partial charge in [-0.15, -0.1) is 0 Å². The molecule has 0 saturated heterocycles. The second-order valence-corrected chi connectivity index (χ2v) is 6.76. The second-order valence-electron chi connectivity index (χ2n) is 6.76. The van der Waals surface area contributed by atoms with Crippen molar-refractivity contribution in [1.82, 2.24) is 5.32 Å². The van der Waals surface area contributed by atoms with Gasteiger partial charge < -0.3 is 10.1 Å². The fourth-order valence-corrected chi connectivity index (χ4v) is 3.59. The van der Waals surface area contributed by atoms with Crippen molar-refractivity contribution in [2.45, 2.75) is 58.6 Å². The number of ether oxygens (including phenoxy) is 1. The van der Waals surface area contributed by atoms with Crippen LogP contribution in [0.25, 0.3) is 0 Å². The maximum atomic E-state index is 6.23. The van der Waals surface area contributed by atoms with Crippen LogP contribution in [-0.4, -0.2) is 12.6 Å². The summed E-state index contributed by atoms with van der Waals surface area (Å²) in [6.45, 7) is 6.80. The van der Waals surface area contributed by atoms with Crippen LogP contribution in [0.5, 0.6) is 5.75 Å². The molecule has 1 heterocycles. The van der Waals surface area contributed by atoms with Crippen LogP contribution in [0.15, 0.2) is 18.2 Å². The van der Waals surface area contributed by atoms with Crippen LogP contribution in [0.4, 0.5) is 0 Å². The molecule has 1 N–H and O–H groups in total. The summed E-state index contributed by atoms with van der Waals surface area (Å²) < 4.78 is 6.23. The first-order valence-corrected chi connectivity index (χ1v) is 8.21. The van der Waals surface area contributed by atoms with Gasteiger partial charge in [0.05, 0.1) is 6.10 Å². The quantitative estimate of drug-likeness (QED) is 0.901. The smallest absolute Gasteiger partial charge is 0.120 e. The maximum Gasteiger partial charge on any atom is 0.120 e. The fourth-order valence-electron chi connectivity index (χ4n) is 3.59. The zero-order valence-electron chi connectivity index (χ0n) is 12.8. The van der Waals surface area contributed by atoms with E-state index in [1.54, 1.807) is 0 Å². The summed E-state index contributed by atoms with van der Waals surface area (Å²) in [6.07, 6.45) is 6.68. The number of hydrogen-bond donors (Lipinski definition) is 1. The van der Waals surface area contributed by atoms with Gasteiger partial charge in [0, 0.05) is 6.54 Å². The molecule has 2 heteroatoms. The first-order valence-electron chi connectivity index (χ1n) is 8.21. The van der Waals surface area contributed by atoms with Crippen molar-refractivity contribution in [2.24, 2.45) is 11.8 Å². The van der Waals surface area contributed by atoms with Gasteiger partial charge in [-0.25, -0.2) is 0 Å². The molecule has 1 saturated carbocycles. The lowest BCUT2D eigenvalue weighted by atomic mass is 9.80. The van der Waals surface area contributed by atoms with Crippen molar-refractivity contribution in [2.75, 3.05) is 6.54 Å². The van der Waals surface area contributed by atoms with Gasteiger partial charge in [-0.2, -0.15) is 0 Å². The zero-order chi connectivity index (χ0) is 13.9. The molecule has 2 nitrogen and oxygen atoms in total. The number of rotatable bonds is 3. The van der Waals surface area contributed by atoms with E-state index in [-0.39, 0.29) is 0 Å². The first kappa shape index (κ1) is 13.9. The highest BCUT2D eigenvalue weighted by Gasteiger charge is 2.24. The standard InChI is InChI=1S/C18H27NO/c1-13(2)14-3-6-17(7-4-14)20-18-8-5-16-12-19-10-9-15(16)11-18/h5,8,11,13-14,17,19H,3-4,6-7,9-10,12H2,1-2H3/t14-,17-. The molecule has 0 radical (unpaired) electrons. The van der Waals surface area contributed by atoms with E-state index in [0.29, 0.717) is 6.10 Å². The molecular weight excluding hydrogens is 246 g/mol. The van der Waals surface area contributed by atoms with Crippen LogP contribution in [-0.2, 0) is 13.0 Å². The minimum Gasteiger partial charge on any atom is -0.490 e. The van der Waals surface area contributed by atoms with Gasteiger partial charge in [0.25, 0.3) is 0 Å². The van der Waals surface area contributed by atoms with E-state index in [9.17, 15) is 0 Å². The predicted octanol–water partition coefficient (Wildman–Crippen LogP) is 3.93. The van der Waals surface area contributed by atoms with E-state index in [4.69, 9.17) is 4.74 Å². The third-order valence-corrected chi connectivity index (χ3v) is 5.03. The molecular formula is C18H27NO. The van der Waals surface area contributed by atoms with Crippen molar-refractivity contribution >= 4 is 0 Å². The Kier molecular flexibility index (Phi) is 4.30. The lowest BCUT2D eigenvalue weighted by molar-refractivity contribution is 0.116. The predicted molar refractivity (Wildman–Crippen MR) is 83.1 cm³/mol. The van der Waals surface area contributed by atoms with Crippen LogP contribution in [0, 0.1) is 11.8 Å². The van der Waals surface area contributed by atoms with E-state index >= 15 is 0 Å². The molecule has 20 heavy (non-hydrogen) atoms. The average Bonchev–Trinajstić information content (AvgIpc) is 2.48. The summed E-state index contributed by atoms with van der Waals surface area (Å²) in [5.41, 5.74) is 2.91. The molecule has 1 aliphatic carbocycles. The van der Waals surface area contributed by atoms with Crippen LogP contribution < -0.4 is 10.1 Å². The Morgan fingerprint density at radius 2 is 1.90 bits per heavy atom. The minimum absolute atomic E-state index is 0.435. The highest BCUT2D eigenvalue weighted by atomic mass is 16.5. The van der Waals surface area contributed by atoms with Crippen LogP contribution in [0.2, 0.25) is 0 Å². The summed E-state index contributed by atoms with van der Waals surface area (Å²) in [5, 5.41) is 3.42. The Bertz CT molecular complexity index is 447. The monoisotopic (exact) mass is 273 g/mol. The molecule has 1 aliphatic heterocycles. The summed E-state index contributed by atoms with van der Waals surface area (Å²) >= 11 is 0. The van der Waals surface area contributed by atoms with Crippen LogP contribution in [0.1, 0.15) is 50.7 Å². The highest BCUT2D eigenvalue weighted by Crippen LogP contribution is 2.32. The lowest BCUT2D eigenvalue weighted by Gasteiger charge is -2.31. The largest absolute Gasteiger partial charge is 0.490 e. The normalized spacial score (nSPS) is 26.4. The Labute approximate surface area is 122 Å². The molecule has 0 amide bonds. The molecule has 2 aliphatic rings. The second kappa shape index (κ2) is 6.17. The van der Waals surface area contributed by atoms with Gasteiger partial charge in [0.2, 0.25) is 0 Å². The van der Waals surface area contributed by atoms with Gasteiger partial charge in [-0.1, -0.05) is 19.9 Å². The number of nitrogens with one attached hydrogen (secondary N) is 1. The van der Waals surface area contributed by atoms with E-state index in [1.807, 2.05) is 0 Å². The number of fused-ring (bicyclic) bond motifs is 1. The van der Waals surface area contributed by atoms with Gasteiger partial charge in [0.1, 0.15) is 5.75 Å². The van der Waals surface area contributed by atoms with Gasteiger partial charge in [-0.05, 0) is 73.7 Å². The molecule has 110 valence electrons. The summed E-state index contributed by atoms with van der Waals surface area (Å²) in [7, 11) is 0. The molecule has 1 aromatic rings. The maximum absolute atomic E-state index is 6.23. The number of benzene rings is 1. The topological polar surface area (TPSA) is 21.3 Å². The Hall–Kier alpha value is -1.02. The van der Waals surface area contributed by atoms with E-state index in [2.05, 4.69) is 37.4 Å². The summed E-state index contributed by atoms with van der Waals surface area (Å²) in [5.74, 6) is 2.82. The van der Waals surface area contributed by atoms with E-state index in [1.165, 1.54) is 36.8 Å². The number of hydrogen-bond acceptors (Lipinski definition) is 2. The van der Waals surface area contributed by atoms with Gasteiger partial charge in [-0.3, -0.25) is 0 Å². The van der Waals surface area contributed by atoms with Crippen molar-refractivity contribution in [3.8, 4) is 5.75 Å². The Balaban J connectivity index is 1.59. The molecule has 0 aromatic heterocycles. The summed E-state index contributed by atoms with van der Waals surface area (Å²) in [4.78, 5) is 0. The third kappa shape index (κ3) is 3.17. The van der Waals surface area contributed by atoms with Crippen molar-refractivity contribution in [1.29, 1.82) is 0 Å². The SMILES string of the molecule is CC(C)[C@H]1CC[C@H](Oc2ccc3c(c2)CCNC3)CC1. The molecule has 0 bridgehead atoms. The van der Waals surface area contributed by atoms with Gasteiger partial charge in [0.15, 0.2) is 0 Å². The lowest BCUT2D eigenvalue weighted by Crippen LogP contribution is -2.27. The molecule has 1 aromatic carbocycles. The Morgan fingerprint density at radius 1 is 1.10 bits per heavy atom. The van der Waals surface area contributed by atoms with Crippen molar-refractivity contribution in [3.05, 3.63) is 29.3 Å². The molecule has 3 rings (SSSR count). The molecule has 0 atom stereocenters. The van der Waals surface area contributed by atoms with Crippen LogP contribution in [0.3, 0.4) is 0 Å². The van der Waals surface area contributed by atoms with Crippen molar-refractivity contribution in [3.63, 3.8) is 0 Å². The average molecular weight is 273 g/mol. The third-order valence-electron chi connectivity index (χ3n) is 5.03. The van der Waals surface area contributed by atoms with E-state index in [0.717, 1.165) is 37.1 Å². The fraction of sp³-hybridized carbons (Fsp3) is 0.667. The van der Waals surface area contributed by atoms with Crippen LogP contribution >= 0.6 is 0 Å². The molecule has 0 spiro atoms. The van der Waals surface area contributed by atoms with Crippen molar-refractivity contribution < 1.29 is 4.74 Å². The molecule has 0 unspecified atom stereocenters. The first-order chi connectivity index (χ1) is 9.72. The minimum atomic E-state index is 0.435. The highest BCUT2D eigenvalue weighted by molar-refractivity contribution is 5.37. The summed E-state index contributed by atoms with van der Waals surface area (Å²) in [6, 6.07) is 6.65.